The summed E-state index contributed by atoms with van der Waals surface area (Å²) >= 11 is 0. The largest absolute Gasteiger partial charge is 0.356 e. The first-order chi connectivity index (χ1) is 12.8. The molecule has 0 saturated carbocycles. The number of piperidine rings is 1. The van der Waals surface area contributed by atoms with Gasteiger partial charge in [-0.05, 0) is 69.1 Å². The lowest BCUT2D eigenvalue weighted by molar-refractivity contribution is 0.234. The maximum Gasteiger partial charge on any atom is 0.193 e. The third-order valence-corrected chi connectivity index (χ3v) is 6.03. The van der Waals surface area contributed by atoms with Gasteiger partial charge in [0.25, 0.3) is 0 Å². The van der Waals surface area contributed by atoms with Crippen LogP contribution in [0.25, 0.3) is 0 Å². The highest BCUT2D eigenvalue weighted by Crippen LogP contribution is 2.32. The fraction of sp³-hybridized carbons (Fsp3) is 0.682. The molecule has 2 fully saturated rings. The van der Waals surface area contributed by atoms with Crippen molar-refractivity contribution < 1.29 is 0 Å². The zero-order valence-corrected chi connectivity index (χ0v) is 19.4. The molecule has 1 aromatic carbocycles. The molecule has 2 aliphatic rings. The second-order valence-electron chi connectivity index (χ2n) is 7.96. The summed E-state index contributed by atoms with van der Waals surface area (Å²) in [5.41, 5.74) is 1.49. The van der Waals surface area contributed by atoms with Crippen LogP contribution in [-0.2, 0) is 0 Å². The van der Waals surface area contributed by atoms with E-state index in [1.54, 1.807) is 0 Å². The molecule has 0 spiro atoms. The van der Waals surface area contributed by atoms with Crippen LogP contribution in [0.3, 0.4) is 0 Å². The van der Waals surface area contributed by atoms with Gasteiger partial charge in [0.1, 0.15) is 0 Å². The maximum absolute atomic E-state index is 4.54. The predicted molar refractivity (Wildman–Crippen MR) is 126 cm³/mol. The van der Waals surface area contributed by atoms with E-state index in [0.29, 0.717) is 11.8 Å². The van der Waals surface area contributed by atoms with Crippen molar-refractivity contribution in [3.63, 3.8) is 0 Å². The maximum atomic E-state index is 4.54. The van der Waals surface area contributed by atoms with Crippen LogP contribution in [0.1, 0.15) is 50.5 Å². The van der Waals surface area contributed by atoms with Gasteiger partial charge in [-0.25, -0.2) is 0 Å². The summed E-state index contributed by atoms with van der Waals surface area (Å²) in [5.74, 6) is 2.41. The monoisotopic (exact) mass is 484 g/mol. The second-order valence-corrected chi connectivity index (χ2v) is 7.96. The van der Waals surface area contributed by atoms with Crippen molar-refractivity contribution in [2.45, 2.75) is 44.9 Å². The Labute approximate surface area is 182 Å². The number of likely N-dealkylation sites (tertiary alicyclic amines) is 2. The molecule has 2 aliphatic heterocycles. The van der Waals surface area contributed by atoms with Crippen molar-refractivity contribution >= 4 is 29.9 Å². The van der Waals surface area contributed by atoms with Crippen molar-refractivity contribution in [1.29, 1.82) is 0 Å². The van der Waals surface area contributed by atoms with E-state index >= 15 is 0 Å². The Hall–Kier alpha value is -0.820. The van der Waals surface area contributed by atoms with Crippen LogP contribution in [0, 0.1) is 5.92 Å². The van der Waals surface area contributed by atoms with Crippen LogP contribution in [0.4, 0.5) is 0 Å². The normalized spacial score (nSPS) is 23.9. The number of aliphatic imine (C=N–C) groups is 1. The number of hydrogen-bond acceptors (Lipinski definition) is 2. The molecule has 0 aliphatic carbocycles. The summed E-state index contributed by atoms with van der Waals surface area (Å²) in [4.78, 5) is 9.59. The van der Waals surface area contributed by atoms with Gasteiger partial charge in [0, 0.05) is 26.7 Å². The van der Waals surface area contributed by atoms with Gasteiger partial charge in [-0.15, -0.1) is 24.0 Å². The van der Waals surface area contributed by atoms with Gasteiger partial charge in [0.05, 0.1) is 0 Å². The number of hydrogen-bond donors (Lipinski definition) is 1. The number of benzene rings is 1. The minimum atomic E-state index is 0. The van der Waals surface area contributed by atoms with Crippen molar-refractivity contribution in [3.05, 3.63) is 35.9 Å². The standard InChI is InChI=1S/C22H36N4.HI/c1-19-18-26(17-12-21(19)20-10-4-3-5-11-20)22(23-2)24-13-6-7-14-25-15-8-9-16-25;/h3-5,10-11,19,21H,6-9,12-18H2,1-2H3,(H,23,24);1H. The highest BCUT2D eigenvalue weighted by atomic mass is 127. The number of nitrogens with zero attached hydrogens (tertiary/aromatic N) is 3. The molecule has 3 rings (SSSR count). The van der Waals surface area contributed by atoms with Gasteiger partial charge < -0.3 is 15.1 Å². The Morgan fingerprint density at radius 3 is 2.52 bits per heavy atom. The molecule has 0 amide bonds. The summed E-state index contributed by atoms with van der Waals surface area (Å²) in [7, 11) is 1.92. The Balaban J connectivity index is 0.00000261. The van der Waals surface area contributed by atoms with E-state index in [1.165, 1.54) is 57.3 Å². The minimum absolute atomic E-state index is 0. The van der Waals surface area contributed by atoms with E-state index in [4.69, 9.17) is 0 Å². The zero-order valence-electron chi connectivity index (χ0n) is 17.1. The molecule has 2 atom stereocenters. The molecule has 5 heteroatoms. The predicted octanol–water partition coefficient (Wildman–Crippen LogP) is 4.18. The third-order valence-electron chi connectivity index (χ3n) is 6.03. The lowest BCUT2D eigenvalue weighted by atomic mass is 9.82. The van der Waals surface area contributed by atoms with Gasteiger partial charge in [-0.2, -0.15) is 0 Å². The zero-order chi connectivity index (χ0) is 18.2. The van der Waals surface area contributed by atoms with E-state index in [0.717, 1.165) is 25.6 Å². The highest BCUT2D eigenvalue weighted by molar-refractivity contribution is 14.0. The van der Waals surface area contributed by atoms with E-state index in [1.807, 2.05) is 7.05 Å². The summed E-state index contributed by atoms with van der Waals surface area (Å²) in [6, 6.07) is 11.0. The van der Waals surface area contributed by atoms with Crippen molar-refractivity contribution in [2.24, 2.45) is 10.9 Å². The van der Waals surface area contributed by atoms with E-state index in [2.05, 4.69) is 57.4 Å². The topological polar surface area (TPSA) is 30.9 Å². The molecule has 4 nitrogen and oxygen atoms in total. The van der Waals surface area contributed by atoms with Crippen LogP contribution < -0.4 is 5.32 Å². The van der Waals surface area contributed by atoms with Crippen LogP contribution in [-0.4, -0.2) is 62.1 Å². The molecule has 0 aromatic heterocycles. The molecule has 0 radical (unpaired) electrons. The highest BCUT2D eigenvalue weighted by Gasteiger charge is 2.28. The second kappa shape index (κ2) is 11.9. The molecule has 1 aromatic rings. The van der Waals surface area contributed by atoms with E-state index in [9.17, 15) is 0 Å². The number of guanidine groups is 1. The molecular weight excluding hydrogens is 447 g/mol. The van der Waals surface area contributed by atoms with Gasteiger partial charge in [0.2, 0.25) is 0 Å². The average molecular weight is 484 g/mol. The van der Waals surface area contributed by atoms with Crippen LogP contribution >= 0.6 is 24.0 Å². The molecule has 2 saturated heterocycles. The molecule has 152 valence electrons. The number of unbranched alkanes of at least 4 members (excludes halogenated alkanes) is 1. The molecular formula is C22H37IN4. The molecule has 2 unspecified atom stereocenters. The van der Waals surface area contributed by atoms with Crippen LogP contribution in [0.15, 0.2) is 35.3 Å². The number of rotatable bonds is 6. The van der Waals surface area contributed by atoms with E-state index in [-0.39, 0.29) is 24.0 Å². The molecule has 1 N–H and O–H groups in total. The quantitative estimate of drug-likeness (QED) is 0.285. The first kappa shape index (κ1) is 22.5. The van der Waals surface area contributed by atoms with Crippen LogP contribution in [0.2, 0.25) is 0 Å². The first-order valence-corrected chi connectivity index (χ1v) is 10.5. The van der Waals surface area contributed by atoms with E-state index < -0.39 is 0 Å². The lowest BCUT2D eigenvalue weighted by Crippen LogP contribution is -2.48. The van der Waals surface area contributed by atoms with Gasteiger partial charge in [0.15, 0.2) is 5.96 Å². The summed E-state index contributed by atoms with van der Waals surface area (Å²) in [6.45, 7) is 9.48. The Kier molecular flexibility index (Phi) is 9.90. The van der Waals surface area contributed by atoms with Crippen molar-refractivity contribution in [2.75, 3.05) is 46.3 Å². The lowest BCUT2D eigenvalue weighted by Gasteiger charge is -2.39. The molecule has 0 bridgehead atoms. The van der Waals surface area contributed by atoms with Crippen molar-refractivity contribution in [3.8, 4) is 0 Å². The van der Waals surface area contributed by atoms with Crippen LogP contribution in [0.5, 0.6) is 0 Å². The molecule has 27 heavy (non-hydrogen) atoms. The van der Waals surface area contributed by atoms with Gasteiger partial charge in [-0.1, -0.05) is 37.3 Å². The fourth-order valence-corrected chi connectivity index (χ4v) is 4.53. The Bertz CT molecular complexity index is 557. The summed E-state index contributed by atoms with van der Waals surface area (Å²) in [6.07, 6.45) is 6.51. The number of nitrogens with one attached hydrogen (secondary N) is 1. The average Bonchev–Trinajstić information content (AvgIpc) is 3.19. The SMILES string of the molecule is CN=C(NCCCCN1CCCC1)N1CCC(c2ccccc2)C(C)C1.I. The molecule has 2 heterocycles. The Morgan fingerprint density at radius 1 is 1.11 bits per heavy atom. The van der Waals surface area contributed by atoms with Gasteiger partial charge in [-0.3, -0.25) is 4.99 Å². The minimum Gasteiger partial charge on any atom is -0.356 e. The number of halogens is 1. The Morgan fingerprint density at radius 2 is 1.85 bits per heavy atom. The first-order valence-electron chi connectivity index (χ1n) is 10.5. The van der Waals surface area contributed by atoms with Gasteiger partial charge >= 0.3 is 0 Å². The summed E-state index contributed by atoms with van der Waals surface area (Å²) < 4.78 is 0. The fourth-order valence-electron chi connectivity index (χ4n) is 4.53. The summed E-state index contributed by atoms with van der Waals surface area (Å²) in [5, 5.41) is 3.60. The van der Waals surface area contributed by atoms with Crippen molar-refractivity contribution in [1.82, 2.24) is 15.1 Å². The smallest absolute Gasteiger partial charge is 0.193 e. The third kappa shape index (κ3) is 6.63.